The molecule has 1 heterocycles. The third kappa shape index (κ3) is 3.29. The number of hydrogen-bond donors (Lipinski definition) is 1. The highest BCUT2D eigenvalue weighted by Crippen LogP contribution is 2.18. The summed E-state index contributed by atoms with van der Waals surface area (Å²) in [5.41, 5.74) is 0.0482. The van der Waals surface area contributed by atoms with E-state index in [-0.39, 0.29) is 0 Å². The van der Waals surface area contributed by atoms with Crippen LogP contribution in [0.3, 0.4) is 0 Å². The highest BCUT2D eigenvalue weighted by atomic mass is 16.6. The fourth-order valence-corrected chi connectivity index (χ4v) is 1.26. The molecule has 1 aliphatic heterocycles. The Kier molecular flexibility index (Phi) is 3.92. The van der Waals surface area contributed by atoms with Crippen LogP contribution < -0.4 is 0 Å². The minimum absolute atomic E-state index is 0.399. The first kappa shape index (κ1) is 11.5. The fourth-order valence-electron chi connectivity index (χ4n) is 1.26. The maximum Gasteiger partial charge on any atom is 0.493 e. The van der Waals surface area contributed by atoms with Crippen LogP contribution in [-0.2, 0) is 9.31 Å². The second-order valence-corrected chi connectivity index (χ2v) is 3.85. The summed E-state index contributed by atoms with van der Waals surface area (Å²) in [6.45, 7) is 10.1. The van der Waals surface area contributed by atoms with E-state index in [0.717, 1.165) is 5.47 Å². The molecule has 1 fully saturated rings. The molecule has 14 heavy (non-hydrogen) atoms. The van der Waals surface area contributed by atoms with Gasteiger partial charge in [-0.2, -0.15) is 0 Å². The van der Waals surface area contributed by atoms with Crippen molar-refractivity contribution in [3.8, 4) is 0 Å². The molecule has 78 valence electrons. The van der Waals surface area contributed by atoms with E-state index in [9.17, 15) is 5.11 Å². The molecule has 0 bridgehead atoms. The lowest BCUT2D eigenvalue weighted by Crippen LogP contribution is -2.36. The summed E-state index contributed by atoms with van der Waals surface area (Å²) in [6.07, 6.45) is 2.87. The Balaban J connectivity index is 2.48. The van der Waals surface area contributed by atoms with Crippen LogP contribution in [0.1, 0.15) is 19.8 Å². The molecule has 3 nitrogen and oxygen atoms in total. The van der Waals surface area contributed by atoms with Gasteiger partial charge in [-0.25, -0.2) is 0 Å². The Bertz CT molecular complexity index is 213. The van der Waals surface area contributed by atoms with E-state index in [1.807, 2.05) is 0 Å². The average molecular weight is 196 g/mol. The minimum Gasteiger partial charge on any atom is -0.407 e. The third-order valence-corrected chi connectivity index (χ3v) is 2.38. The monoisotopic (exact) mass is 196 g/mol. The molecule has 0 atom stereocenters. The molecule has 1 rings (SSSR count). The molecule has 0 aromatic heterocycles. The topological polar surface area (TPSA) is 38.7 Å². The molecule has 0 aromatic rings. The molecule has 0 radical (unpaired) electrons. The van der Waals surface area contributed by atoms with Gasteiger partial charge < -0.3 is 14.4 Å². The fraction of sp³-hybridized carbons (Fsp3) is 0.600. The first-order chi connectivity index (χ1) is 6.55. The van der Waals surface area contributed by atoms with Crippen LogP contribution in [0.25, 0.3) is 0 Å². The van der Waals surface area contributed by atoms with Crippen LogP contribution in [0, 0.1) is 0 Å². The second kappa shape index (κ2) is 4.78. The molecule has 0 amide bonds. The van der Waals surface area contributed by atoms with Gasteiger partial charge in [0.2, 0.25) is 0 Å². The van der Waals surface area contributed by atoms with Crippen molar-refractivity contribution >= 4 is 7.12 Å². The van der Waals surface area contributed by atoms with E-state index >= 15 is 0 Å². The van der Waals surface area contributed by atoms with Crippen molar-refractivity contribution in [1.29, 1.82) is 0 Å². The maximum absolute atomic E-state index is 9.76. The van der Waals surface area contributed by atoms with Crippen molar-refractivity contribution in [2.24, 2.45) is 0 Å². The zero-order valence-electron chi connectivity index (χ0n) is 8.66. The molecule has 0 aliphatic carbocycles. The molecule has 1 saturated heterocycles. The first-order valence-corrected chi connectivity index (χ1v) is 4.82. The van der Waals surface area contributed by atoms with Crippen molar-refractivity contribution in [3.63, 3.8) is 0 Å². The molecular formula is C10H17BO3. The lowest BCUT2D eigenvalue weighted by molar-refractivity contribution is -0.00175. The number of aliphatic hydroxyl groups is 1. The van der Waals surface area contributed by atoms with Crippen molar-refractivity contribution in [2.45, 2.75) is 25.4 Å². The van der Waals surface area contributed by atoms with Crippen molar-refractivity contribution in [2.75, 3.05) is 13.2 Å². The number of allylic oxidation sites excluding steroid dienone is 2. The standard InChI is InChI=1S/C10H17BO3/c1-4-9(2)11-13-7-5-10(3,12)6-8-14-11/h4,12H,1-2,5-8H2,3H3. The summed E-state index contributed by atoms with van der Waals surface area (Å²) in [5.74, 6) is 0. The zero-order chi connectivity index (χ0) is 10.6. The molecule has 1 aliphatic rings. The van der Waals surface area contributed by atoms with Crippen LogP contribution in [0.4, 0.5) is 0 Å². The van der Waals surface area contributed by atoms with Gasteiger partial charge in [-0.3, -0.25) is 0 Å². The Morgan fingerprint density at radius 2 is 1.93 bits per heavy atom. The first-order valence-electron chi connectivity index (χ1n) is 4.82. The predicted octanol–water partition coefficient (Wildman–Crippen LogP) is 1.33. The largest absolute Gasteiger partial charge is 0.493 e. The predicted molar refractivity (Wildman–Crippen MR) is 56.9 cm³/mol. The van der Waals surface area contributed by atoms with E-state index in [0.29, 0.717) is 26.1 Å². The minimum atomic E-state index is -0.680. The van der Waals surface area contributed by atoms with E-state index < -0.39 is 12.7 Å². The van der Waals surface area contributed by atoms with Crippen molar-refractivity contribution in [1.82, 2.24) is 0 Å². The van der Waals surface area contributed by atoms with Gasteiger partial charge >= 0.3 is 7.12 Å². The van der Waals surface area contributed by atoms with Crippen LogP contribution in [0.5, 0.6) is 0 Å². The van der Waals surface area contributed by atoms with Crippen LogP contribution >= 0.6 is 0 Å². The van der Waals surface area contributed by atoms with Gasteiger partial charge in [-0.05, 0) is 25.2 Å². The second-order valence-electron chi connectivity index (χ2n) is 3.85. The average Bonchev–Trinajstić information content (AvgIpc) is 2.11. The lowest BCUT2D eigenvalue weighted by atomic mass is 9.78. The summed E-state index contributed by atoms with van der Waals surface area (Å²) in [6, 6.07) is 0. The molecule has 4 heteroatoms. The van der Waals surface area contributed by atoms with Gasteiger partial charge in [0.25, 0.3) is 0 Å². The summed E-state index contributed by atoms with van der Waals surface area (Å²) in [7, 11) is -0.399. The van der Waals surface area contributed by atoms with Crippen LogP contribution in [-0.4, -0.2) is 31.0 Å². The van der Waals surface area contributed by atoms with Gasteiger partial charge in [-0.1, -0.05) is 19.2 Å². The Hall–Kier alpha value is -0.575. The van der Waals surface area contributed by atoms with Gasteiger partial charge in [0.1, 0.15) is 0 Å². The number of rotatable bonds is 2. The Labute approximate surface area is 85.6 Å². The molecule has 0 aromatic carbocycles. The van der Waals surface area contributed by atoms with Gasteiger partial charge in [0.05, 0.1) is 5.60 Å². The highest BCUT2D eigenvalue weighted by molar-refractivity contribution is 6.54. The normalized spacial score (nSPS) is 22.3. The third-order valence-electron chi connectivity index (χ3n) is 2.38. The van der Waals surface area contributed by atoms with Gasteiger partial charge in [-0.15, -0.1) is 0 Å². The summed E-state index contributed by atoms with van der Waals surface area (Å²) in [4.78, 5) is 0. The van der Waals surface area contributed by atoms with Crippen LogP contribution in [0.15, 0.2) is 24.7 Å². The van der Waals surface area contributed by atoms with Crippen molar-refractivity contribution in [3.05, 3.63) is 24.7 Å². The highest BCUT2D eigenvalue weighted by Gasteiger charge is 2.28. The van der Waals surface area contributed by atoms with Crippen LogP contribution in [0.2, 0.25) is 0 Å². The Morgan fingerprint density at radius 1 is 1.43 bits per heavy atom. The molecule has 0 saturated carbocycles. The van der Waals surface area contributed by atoms with Gasteiger partial charge in [0.15, 0.2) is 0 Å². The Morgan fingerprint density at radius 3 is 2.36 bits per heavy atom. The molecule has 0 unspecified atom stereocenters. The molecular weight excluding hydrogens is 179 g/mol. The lowest BCUT2D eigenvalue weighted by Gasteiger charge is -2.28. The van der Waals surface area contributed by atoms with E-state index in [2.05, 4.69) is 13.2 Å². The summed E-state index contributed by atoms with van der Waals surface area (Å²) < 4.78 is 10.8. The number of hydrogen-bond acceptors (Lipinski definition) is 3. The van der Waals surface area contributed by atoms with E-state index in [1.165, 1.54) is 0 Å². The van der Waals surface area contributed by atoms with Crippen molar-refractivity contribution < 1.29 is 14.4 Å². The quantitative estimate of drug-likeness (QED) is 0.534. The summed E-state index contributed by atoms with van der Waals surface area (Å²) >= 11 is 0. The van der Waals surface area contributed by atoms with Gasteiger partial charge in [0, 0.05) is 13.2 Å². The molecule has 0 spiro atoms. The SMILES string of the molecule is C=CC(=C)B1OCCC(C)(O)CCO1. The zero-order valence-corrected chi connectivity index (χ0v) is 8.66. The van der Waals surface area contributed by atoms with E-state index in [1.54, 1.807) is 13.0 Å². The van der Waals surface area contributed by atoms with E-state index in [4.69, 9.17) is 9.31 Å². The summed E-state index contributed by atoms with van der Waals surface area (Å²) in [5, 5.41) is 9.76. The smallest absolute Gasteiger partial charge is 0.407 e. The molecule has 1 N–H and O–H groups in total. The maximum atomic E-state index is 9.76.